The summed E-state index contributed by atoms with van der Waals surface area (Å²) >= 11 is 0. The van der Waals surface area contributed by atoms with Gasteiger partial charge in [-0.1, -0.05) is 12.1 Å². The van der Waals surface area contributed by atoms with Crippen molar-refractivity contribution in [1.29, 1.82) is 0 Å². The van der Waals surface area contributed by atoms with Crippen LogP contribution in [-0.2, 0) is 16.1 Å². The lowest BCUT2D eigenvalue weighted by atomic mass is 10.2. The summed E-state index contributed by atoms with van der Waals surface area (Å²) in [4.78, 5) is 25.3. The zero-order valence-corrected chi connectivity index (χ0v) is 11.2. The van der Waals surface area contributed by atoms with Crippen molar-refractivity contribution in [3.8, 4) is 0 Å². The van der Waals surface area contributed by atoms with Crippen LogP contribution >= 0.6 is 0 Å². The maximum atomic E-state index is 12.7. The number of nitrogens with zero attached hydrogens (tertiary/aromatic N) is 1. The Morgan fingerprint density at radius 1 is 1.20 bits per heavy atom. The summed E-state index contributed by atoms with van der Waals surface area (Å²) in [6.45, 7) is 2.92. The third-order valence-corrected chi connectivity index (χ3v) is 3.19. The van der Waals surface area contributed by atoms with Gasteiger partial charge in [-0.25, -0.2) is 4.39 Å². The second-order valence-electron chi connectivity index (χ2n) is 4.70. The van der Waals surface area contributed by atoms with E-state index < -0.39 is 11.8 Å². The highest BCUT2D eigenvalue weighted by Crippen LogP contribution is 2.02. The molecule has 20 heavy (non-hydrogen) atoms. The van der Waals surface area contributed by atoms with E-state index in [1.807, 2.05) is 0 Å². The maximum absolute atomic E-state index is 12.7. The molecule has 108 valence electrons. The van der Waals surface area contributed by atoms with Gasteiger partial charge in [0.05, 0.1) is 0 Å². The van der Waals surface area contributed by atoms with E-state index in [0.29, 0.717) is 19.6 Å². The first-order valence-corrected chi connectivity index (χ1v) is 6.69. The molecule has 1 saturated heterocycles. The third-order valence-electron chi connectivity index (χ3n) is 3.19. The van der Waals surface area contributed by atoms with E-state index in [9.17, 15) is 14.0 Å². The predicted octanol–water partition coefficient (Wildman–Crippen LogP) is 0.264. The van der Waals surface area contributed by atoms with Crippen molar-refractivity contribution in [1.82, 2.24) is 15.5 Å². The quantitative estimate of drug-likeness (QED) is 0.764. The molecule has 1 aliphatic rings. The van der Waals surface area contributed by atoms with Crippen molar-refractivity contribution in [2.75, 3.05) is 26.2 Å². The number of rotatable bonds is 2. The Bertz CT molecular complexity index is 468. The number of carbonyl (C=O) groups excluding carboxylic acids is 2. The fourth-order valence-corrected chi connectivity index (χ4v) is 2.05. The fourth-order valence-electron chi connectivity index (χ4n) is 2.05. The summed E-state index contributed by atoms with van der Waals surface area (Å²) in [5, 5.41) is 5.74. The second-order valence-corrected chi connectivity index (χ2v) is 4.70. The minimum atomic E-state index is -0.615. The van der Waals surface area contributed by atoms with Gasteiger partial charge in [-0.2, -0.15) is 0 Å². The second kappa shape index (κ2) is 7.00. The third kappa shape index (κ3) is 4.03. The lowest BCUT2D eigenvalue weighted by molar-refractivity contribution is -0.145. The number of nitrogens with one attached hydrogen (secondary N) is 2. The van der Waals surface area contributed by atoms with Crippen LogP contribution in [0.3, 0.4) is 0 Å². The van der Waals surface area contributed by atoms with Gasteiger partial charge in [0.15, 0.2) is 0 Å². The highest BCUT2D eigenvalue weighted by molar-refractivity contribution is 6.34. The molecule has 0 aliphatic carbocycles. The first kappa shape index (κ1) is 14.5. The zero-order valence-electron chi connectivity index (χ0n) is 11.2. The minimum Gasteiger partial charge on any atom is -0.344 e. The first-order chi connectivity index (χ1) is 9.66. The van der Waals surface area contributed by atoms with Crippen LogP contribution in [0.25, 0.3) is 0 Å². The first-order valence-electron chi connectivity index (χ1n) is 6.69. The summed E-state index contributed by atoms with van der Waals surface area (Å²) in [7, 11) is 0. The van der Waals surface area contributed by atoms with Crippen LogP contribution in [0.1, 0.15) is 12.0 Å². The minimum absolute atomic E-state index is 0.219. The van der Waals surface area contributed by atoms with E-state index >= 15 is 0 Å². The largest absolute Gasteiger partial charge is 0.344 e. The smallest absolute Gasteiger partial charge is 0.311 e. The Kier molecular flexibility index (Phi) is 5.06. The van der Waals surface area contributed by atoms with Gasteiger partial charge >= 0.3 is 11.8 Å². The van der Waals surface area contributed by atoms with Gasteiger partial charge in [-0.15, -0.1) is 0 Å². The Hall–Kier alpha value is -1.95. The van der Waals surface area contributed by atoms with Crippen molar-refractivity contribution >= 4 is 11.8 Å². The van der Waals surface area contributed by atoms with Gasteiger partial charge < -0.3 is 15.5 Å². The molecular weight excluding hydrogens is 261 g/mol. The van der Waals surface area contributed by atoms with Crippen LogP contribution in [0.4, 0.5) is 4.39 Å². The van der Waals surface area contributed by atoms with E-state index in [4.69, 9.17) is 0 Å². The van der Waals surface area contributed by atoms with Gasteiger partial charge in [-0.05, 0) is 30.7 Å². The van der Waals surface area contributed by atoms with E-state index in [2.05, 4.69) is 10.6 Å². The van der Waals surface area contributed by atoms with Crippen LogP contribution in [0.15, 0.2) is 24.3 Å². The Morgan fingerprint density at radius 3 is 2.70 bits per heavy atom. The molecule has 1 aliphatic heterocycles. The van der Waals surface area contributed by atoms with Crippen LogP contribution in [0.5, 0.6) is 0 Å². The molecule has 0 unspecified atom stereocenters. The molecule has 0 saturated carbocycles. The molecule has 0 bridgehead atoms. The van der Waals surface area contributed by atoms with Gasteiger partial charge in [-0.3, -0.25) is 9.59 Å². The molecule has 2 N–H and O–H groups in total. The highest BCUT2D eigenvalue weighted by atomic mass is 19.1. The molecular formula is C14H18FN3O2. The van der Waals surface area contributed by atoms with Crippen LogP contribution in [0.2, 0.25) is 0 Å². The Morgan fingerprint density at radius 2 is 1.95 bits per heavy atom. The normalized spacial score (nSPS) is 15.6. The number of halogens is 1. The van der Waals surface area contributed by atoms with Gasteiger partial charge in [0.25, 0.3) is 0 Å². The van der Waals surface area contributed by atoms with Gasteiger partial charge in [0.2, 0.25) is 0 Å². The number of amides is 2. The molecule has 1 fully saturated rings. The SMILES string of the molecule is O=C(NCc1ccc(F)cc1)C(=O)N1CCCNCC1. The molecule has 0 spiro atoms. The lowest BCUT2D eigenvalue weighted by Gasteiger charge is -2.19. The number of carbonyl (C=O) groups is 2. The average Bonchev–Trinajstić information content (AvgIpc) is 2.74. The van der Waals surface area contributed by atoms with Crippen molar-refractivity contribution in [3.63, 3.8) is 0 Å². The monoisotopic (exact) mass is 279 g/mol. The van der Waals surface area contributed by atoms with Crippen LogP contribution in [-0.4, -0.2) is 42.9 Å². The van der Waals surface area contributed by atoms with Crippen molar-refractivity contribution in [3.05, 3.63) is 35.6 Å². The van der Waals surface area contributed by atoms with Gasteiger partial charge in [0, 0.05) is 26.2 Å². The van der Waals surface area contributed by atoms with E-state index in [0.717, 1.165) is 18.5 Å². The molecule has 0 radical (unpaired) electrons. The lowest BCUT2D eigenvalue weighted by Crippen LogP contribution is -2.44. The average molecular weight is 279 g/mol. The standard InChI is InChI=1S/C14H18FN3O2/c15-12-4-2-11(3-5-12)10-17-13(19)14(20)18-8-1-6-16-7-9-18/h2-5,16H,1,6-10H2,(H,17,19). The number of hydrogen-bond acceptors (Lipinski definition) is 3. The highest BCUT2D eigenvalue weighted by Gasteiger charge is 2.21. The Labute approximate surface area is 117 Å². The van der Waals surface area contributed by atoms with E-state index in [1.165, 1.54) is 12.1 Å². The summed E-state index contributed by atoms with van der Waals surface area (Å²) in [5.74, 6) is -1.44. The number of hydrogen-bond donors (Lipinski definition) is 2. The molecule has 5 nitrogen and oxygen atoms in total. The molecule has 1 aromatic carbocycles. The molecule has 1 heterocycles. The topological polar surface area (TPSA) is 61.4 Å². The molecule has 2 rings (SSSR count). The van der Waals surface area contributed by atoms with Crippen molar-refractivity contribution in [2.24, 2.45) is 0 Å². The summed E-state index contributed by atoms with van der Waals surface area (Å²) in [5.41, 5.74) is 0.755. The molecule has 0 aromatic heterocycles. The summed E-state index contributed by atoms with van der Waals surface area (Å²) in [6.07, 6.45) is 0.844. The molecule has 2 amide bonds. The number of benzene rings is 1. The summed E-state index contributed by atoms with van der Waals surface area (Å²) in [6, 6.07) is 5.81. The van der Waals surface area contributed by atoms with E-state index in [-0.39, 0.29) is 12.4 Å². The predicted molar refractivity (Wildman–Crippen MR) is 72.3 cm³/mol. The molecule has 1 aromatic rings. The van der Waals surface area contributed by atoms with Crippen molar-refractivity contribution in [2.45, 2.75) is 13.0 Å². The van der Waals surface area contributed by atoms with Crippen LogP contribution < -0.4 is 10.6 Å². The van der Waals surface area contributed by atoms with Crippen LogP contribution in [0, 0.1) is 5.82 Å². The Balaban J connectivity index is 1.84. The van der Waals surface area contributed by atoms with E-state index in [1.54, 1.807) is 17.0 Å². The van der Waals surface area contributed by atoms with Crippen molar-refractivity contribution < 1.29 is 14.0 Å². The summed E-state index contributed by atoms with van der Waals surface area (Å²) < 4.78 is 12.7. The zero-order chi connectivity index (χ0) is 14.4. The fraction of sp³-hybridized carbons (Fsp3) is 0.429. The molecule has 0 atom stereocenters. The maximum Gasteiger partial charge on any atom is 0.311 e. The molecule has 6 heteroatoms. The van der Waals surface area contributed by atoms with Gasteiger partial charge in [0.1, 0.15) is 5.82 Å².